The predicted molar refractivity (Wildman–Crippen MR) is 91.9 cm³/mol. The summed E-state index contributed by atoms with van der Waals surface area (Å²) in [6, 6.07) is 8.97. The molecule has 0 aliphatic rings. The lowest BCUT2D eigenvalue weighted by atomic mass is 10.3. The molecule has 2 heterocycles. The van der Waals surface area contributed by atoms with Gasteiger partial charge in [0, 0.05) is 26.3 Å². The van der Waals surface area contributed by atoms with Gasteiger partial charge in [0.05, 0.1) is 12.2 Å². The fourth-order valence-corrected chi connectivity index (χ4v) is 3.82. The Balaban J connectivity index is 1.72. The third-order valence-electron chi connectivity index (χ3n) is 2.86. The molecule has 3 N–H and O–H groups in total. The van der Waals surface area contributed by atoms with Crippen molar-refractivity contribution in [3.8, 4) is 0 Å². The fraction of sp³-hybridized carbons (Fsp3) is 0.286. The van der Waals surface area contributed by atoms with Crippen molar-refractivity contribution in [2.24, 2.45) is 4.99 Å². The summed E-state index contributed by atoms with van der Waals surface area (Å²) in [6.07, 6.45) is 1.73. The van der Waals surface area contributed by atoms with Gasteiger partial charge in [-0.15, -0.1) is 11.3 Å². The van der Waals surface area contributed by atoms with Crippen LogP contribution < -0.4 is 15.4 Å². The van der Waals surface area contributed by atoms with Crippen molar-refractivity contribution in [2.75, 3.05) is 20.1 Å². The van der Waals surface area contributed by atoms with E-state index in [4.69, 9.17) is 0 Å². The van der Waals surface area contributed by atoms with Crippen LogP contribution in [0.15, 0.2) is 51.1 Å². The van der Waals surface area contributed by atoms with Crippen molar-refractivity contribution >= 4 is 27.3 Å². The second-order valence-electron chi connectivity index (χ2n) is 4.50. The van der Waals surface area contributed by atoms with Crippen LogP contribution >= 0.6 is 11.3 Å². The molecule has 0 aliphatic carbocycles. The molecule has 23 heavy (non-hydrogen) atoms. The monoisotopic (exact) mass is 353 g/mol. The average Bonchev–Trinajstić information content (AvgIpc) is 3.10. The number of sulfonamides is 1. The lowest BCUT2D eigenvalue weighted by molar-refractivity contribution is 0.582. The minimum atomic E-state index is -3.42. The molecule has 124 valence electrons. The predicted octanol–water partition coefficient (Wildman–Crippen LogP) is 0.787. The molecule has 0 radical (unpaired) electrons. The summed E-state index contributed by atoms with van der Waals surface area (Å²) in [5.41, 5.74) is 0.897. The number of pyridine rings is 1. The normalized spacial score (nSPS) is 12.1. The highest BCUT2D eigenvalue weighted by atomic mass is 32.2. The van der Waals surface area contributed by atoms with Gasteiger partial charge in [-0.3, -0.25) is 9.98 Å². The lowest BCUT2D eigenvalue weighted by Gasteiger charge is -2.12. The molecule has 0 atom stereocenters. The van der Waals surface area contributed by atoms with Crippen molar-refractivity contribution in [3.05, 3.63) is 47.6 Å². The summed E-state index contributed by atoms with van der Waals surface area (Å²) < 4.78 is 26.7. The Morgan fingerprint density at radius 2 is 2.09 bits per heavy atom. The summed E-state index contributed by atoms with van der Waals surface area (Å²) in [7, 11) is -1.76. The van der Waals surface area contributed by atoms with Crippen molar-refractivity contribution in [1.82, 2.24) is 20.3 Å². The maximum absolute atomic E-state index is 11.9. The smallest absolute Gasteiger partial charge is 0.250 e. The van der Waals surface area contributed by atoms with E-state index < -0.39 is 10.0 Å². The number of thiophene rings is 1. The number of aliphatic imine (C=N–C) groups is 1. The third-order valence-corrected chi connectivity index (χ3v) is 5.71. The van der Waals surface area contributed by atoms with Gasteiger partial charge in [0.2, 0.25) is 10.0 Å². The van der Waals surface area contributed by atoms with Crippen LogP contribution in [0.3, 0.4) is 0 Å². The van der Waals surface area contributed by atoms with Gasteiger partial charge in [0.1, 0.15) is 4.21 Å². The van der Waals surface area contributed by atoms with E-state index in [1.54, 1.807) is 30.8 Å². The van der Waals surface area contributed by atoms with Crippen LogP contribution in [0.1, 0.15) is 5.69 Å². The summed E-state index contributed by atoms with van der Waals surface area (Å²) in [4.78, 5) is 8.28. The maximum atomic E-state index is 11.9. The van der Waals surface area contributed by atoms with E-state index in [9.17, 15) is 8.42 Å². The zero-order valence-electron chi connectivity index (χ0n) is 12.7. The molecule has 0 spiro atoms. The topological polar surface area (TPSA) is 95.5 Å². The number of hydrogen-bond acceptors (Lipinski definition) is 5. The minimum Gasteiger partial charge on any atom is -0.355 e. The molecular formula is C14H19N5O2S2. The third kappa shape index (κ3) is 5.62. The summed E-state index contributed by atoms with van der Waals surface area (Å²) in [6.45, 7) is 1.23. The summed E-state index contributed by atoms with van der Waals surface area (Å²) in [5, 5.41) is 7.89. The van der Waals surface area contributed by atoms with Crippen molar-refractivity contribution in [2.45, 2.75) is 10.8 Å². The molecule has 2 rings (SSSR count). The van der Waals surface area contributed by atoms with Gasteiger partial charge in [0.25, 0.3) is 0 Å². The standard InChI is InChI=1S/C14H19N5O2S2/c1-15-14(18-11-12-5-2-3-7-16-12)17-8-9-19-23(20,21)13-6-4-10-22-13/h2-7,10,19H,8-9,11H2,1H3,(H2,15,17,18). The molecule has 2 aromatic heterocycles. The van der Waals surface area contributed by atoms with Crippen LogP contribution in [-0.2, 0) is 16.6 Å². The van der Waals surface area contributed by atoms with E-state index in [0.717, 1.165) is 5.69 Å². The molecular weight excluding hydrogens is 334 g/mol. The molecule has 0 saturated heterocycles. The Kier molecular flexibility index (Phi) is 6.51. The van der Waals surface area contributed by atoms with Gasteiger partial charge in [-0.2, -0.15) is 0 Å². The summed E-state index contributed by atoms with van der Waals surface area (Å²) >= 11 is 1.19. The van der Waals surface area contributed by atoms with Crippen molar-refractivity contribution in [1.29, 1.82) is 0 Å². The maximum Gasteiger partial charge on any atom is 0.250 e. The first-order valence-corrected chi connectivity index (χ1v) is 9.36. The SMILES string of the molecule is CN=C(NCCNS(=O)(=O)c1cccs1)NCc1ccccn1. The lowest BCUT2D eigenvalue weighted by Crippen LogP contribution is -2.41. The van der Waals surface area contributed by atoms with E-state index in [-0.39, 0.29) is 6.54 Å². The van der Waals surface area contributed by atoms with Crippen LogP contribution in [-0.4, -0.2) is 39.5 Å². The highest BCUT2D eigenvalue weighted by Crippen LogP contribution is 2.14. The Bertz CT molecular complexity index is 715. The highest BCUT2D eigenvalue weighted by Gasteiger charge is 2.13. The fourth-order valence-electron chi connectivity index (χ4n) is 1.75. The van der Waals surface area contributed by atoms with Crippen LogP contribution in [0, 0.1) is 0 Å². The van der Waals surface area contributed by atoms with E-state index in [0.29, 0.717) is 23.3 Å². The Morgan fingerprint density at radius 3 is 2.74 bits per heavy atom. The number of nitrogens with one attached hydrogen (secondary N) is 3. The first-order valence-electron chi connectivity index (χ1n) is 6.99. The first-order chi connectivity index (χ1) is 11.1. The molecule has 9 heteroatoms. The van der Waals surface area contributed by atoms with E-state index in [1.165, 1.54) is 11.3 Å². The van der Waals surface area contributed by atoms with Crippen LogP contribution in [0.25, 0.3) is 0 Å². The second kappa shape index (κ2) is 8.61. The van der Waals surface area contributed by atoms with Crippen molar-refractivity contribution < 1.29 is 8.42 Å². The molecule has 7 nitrogen and oxygen atoms in total. The van der Waals surface area contributed by atoms with Gasteiger partial charge in [-0.1, -0.05) is 12.1 Å². The average molecular weight is 353 g/mol. The molecule has 0 bridgehead atoms. The van der Waals surface area contributed by atoms with Gasteiger partial charge >= 0.3 is 0 Å². The van der Waals surface area contributed by atoms with Gasteiger partial charge in [-0.25, -0.2) is 13.1 Å². The molecule has 0 aromatic carbocycles. The zero-order valence-corrected chi connectivity index (χ0v) is 14.3. The molecule has 0 fully saturated rings. The van der Waals surface area contributed by atoms with Gasteiger partial charge in [0.15, 0.2) is 5.96 Å². The Hall–Kier alpha value is -1.97. The molecule has 0 amide bonds. The van der Waals surface area contributed by atoms with E-state index >= 15 is 0 Å². The molecule has 0 saturated carbocycles. The van der Waals surface area contributed by atoms with Crippen LogP contribution in [0.4, 0.5) is 0 Å². The Morgan fingerprint density at radius 1 is 1.22 bits per heavy atom. The van der Waals surface area contributed by atoms with Gasteiger partial charge in [-0.05, 0) is 23.6 Å². The minimum absolute atomic E-state index is 0.268. The zero-order chi connectivity index (χ0) is 16.5. The summed E-state index contributed by atoms with van der Waals surface area (Å²) in [5.74, 6) is 0.589. The number of rotatable bonds is 7. The van der Waals surface area contributed by atoms with E-state index in [2.05, 4.69) is 25.3 Å². The van der Waals surface area contributed by atoms with Gasteiger partial charge < -0.3 is 10.6 Å². The van der Waals surface area contributed by atoms with Crippen molar-refractivity contribution in [3.63, 3.8) is 0 Å². The molecule has 2 aromatic rings. The first kappa shape index (κ1) is 17.4. The Labute approximate surface area is 139 Å². The molecule has 0 aliphatic heterocycles. The molecule has 0 unspecified atom stereocenters. The van der Waals surface area contributed by atoms with Crippen LogP contribution in [0.2, 0.25) is 0 Å². The highest BCUT2D eigenvalue weighted by molar-refractivity contribution is 7.91. The number of nitrogens with zero attached hydrogens (tertiary/aromatic N) is 2. The second-order valence-corrected chi connectivity index (χ2v) is 7.44. The number of aromatic nitrogens is 1. The number of hydrogen-bond donors (Lipinski definition) is 3. The quantitative estimate of drug-likeness (QED) is 0.388. The van der Waals surface area contributed by atoms with E-state index in [1.807, 2.05) is 18.2 Å². The largest absolute Gasteiger partial charge is 0.355 e. The number of guanidine groups is 1. The van der Waals surface area contributed by atoms with Crippen LogP contribution in [0.5, 0.6) is 0 Å².